The molecule has 0 bridgehead atoms. The highest BCUT2D eigenvalue weighted by molar-refractivity contribution is 5.90. The summed E-state index contributed by atoms with van der Waals surface area (Å²) in [5, 5.41) is 4.10. The molecule has 76 valence electrons. The highest BCUT2D eigenvalue weighted by Gasteiger charge is 2.20. The molecule has 5 heteroatoms. The summed E-state index contributed by atoms with van der Waals surface area (Å²) < 4.78 is 11.9. The van der Waals surface area contributed by atoms with Gasteiger partial charge in [0, 0.05) is 0 Å². The van der Waals surface area contributed by atoms with E-state index in [-0.39, 0.29) is 5.97 Å². The molecule has 0 aliphatic carbocycles. The number of esters is 1. The number of carbonyl (C=O) groups is 1. The van der Waals surface area contributed by atoms with Crippen molar-refractivity contribution in [3.8, 4) is 0 Å². The molecule has 0 radical (unpaired) electrons. The summed E-state index contributed by atoms with van der Waals surface area (Å²) in [7, 11) is 0. The van der Waals surface area contributed by atoms with Crippen LogP contribution in [0.25, 0.3) is 0 Å². The minimum atomic E-state index is -0.320. The molecule has 2 heterocycles. The highest BCUT2D eigenvalue weighted by Crippen LogP contribution is 2.14. The second kappa shape index (κ2) is 3.79. The normalized spacial score (nSPS) is 14.9. The van der Waals surface area contributed by atoms with Gasteiger partial charge in [-0.1, -0.05) is 0 Å². The Bertz CT molecular complexity index is 346. The van der Waals surface area contributed by atoms with Crippen LogP contribution in [0.1, 0.15) is 23.0 Å². The molecular formula is C9H12N2O3. The number of hydrogen-bond acceptors (Lipinski definition) is 4. The maximum Gasteiger partial charge on any atom is 0.341 e. The number of nitrogens with zero attached hydrogens (tertiary/aromatic N) is 2. The first-order valence-corrected chi connectivity index (χ1v) is 4.62. The maximum absolute atomic E-state index is 11.4. The molecule has 0 amide bonds. The summed E-state index contributed by atoms with van der Waals surface area (Å²) in [5.41, 5.74) is 1.33. The molecule has 1 aliphatic heterocycles. The van der Waals surface area contributed by atoms with Crippen LogP contribution < -0.4 is 0 Å². The average molecular weight is 196 g/mol. The van der Waals surface area contributed by atoms with Crippen molar-refractivity contribution < 1.29 is 14.3 Å². The molecule has 1 aromatic rings. The zero-order valence-electron chi connectivity index (χ0n) is 8.02. The SMILES string of the molecule is CCOC(=O)c1cnn2c1COCC2. The first-order chi connectivity index (χ1) is 6.83. The molecule has 0 saturated carbocycles. The predicted octanol–water partition coefficient (Wildman–Crippen LogP) is 0.590. The minimum Gasteiger partial charge on any atom is -0.462 e. The van der Waals surface area contributed by atoms with Crippen LogP contribution in [0.4, 0.5) is 0 Å². The fourth-order valence-corrected chi connectivity index (χ4v) is 1.45. The van der Waals surface area contributed by atoms with Crippen LogP contribution in [0.2, 0.25) is 0 Å². The van der Waals surface area contributed by atoms with Crippen molar-refractivity contribution in [3.63, 3.8) is 0 Å². The fourth-order valence-electron chi connectivity index (χ4n) is 1.45. The van der Waals surface area contributed by atoms with E-state index >= 15 is 0 Å². The van der Waals surface area contributed by atoms with Gasteiger partial charge >= 0.3 is 5.97 Å². The third-order valence-electron chi connectivity index (χ3n) is 2.13. The molecule has 0 N–H and O–H groups in total. The lowest BCUT2D eigenvalue weighted by Gasteiger charge is -2.14. The van der Waals surface area contributed by atoms with Gasteiger partial charge in [-0.15, -0.1) is 0 Å². The number of fused-ring (bicyclic) bond motifs is 1. The standard InChI is InChI=1S/C9H12N2O3/c1-2-14-9(12)7-5-10-11-3-4-13-6-8(7)11/h5H,2-4,6H2,1H3. The van der Waals surface area contributed by atoms with E-state index in [0.29, 0.717) is 31.9 Å². The van der Waals surface area contributed by atoms with Crippen LogP contribution in [0.5, 0.6) is 0 Å². The summed E-state index contributed by atoms with van der Waals surface area (Å²) >= 11 is 0. The first-order valence-electron chi connectivity index (χ1n) is 4.62. The smallest absolute Gasteiger partial charge is 0.341 e. The lowest BCUT2D eigenvalue weighted by molar-refractivity contribution is 0.0503. The molecule has 0 spiro atoms. The Kier molecular flexibility index (Phi) is 2.49. The van der Waals surface area contributed by atoms with Gasteiger partial charge in [-0.25, -0.2) is 4.79 Å². The Hall–Kier alpha value is -1.36. The fraction of sp³-hybridized carbons (Fsp3) is 0.556. The van der Waals surface area contributed by atoms with E-state index in [0.717, 1.165) is 5.69 Å². The van der Waals surface area contributed by atoms with Crippen LogP contribution in [0, 0.1) is 0 Å². The zero-order valence-corrected chi connectivity index (χ0v) is 8.02. The first kappa shape index (κ1) is 9.21. The Morgan fingerprint density at radius 1 is 1.79 bits per heavy atom. The van der Waals surface area contributed by atoms with Gasteiger partial charge in [0.05, 0.1) is 38.3 Å². The van der Waals surface area contributed by atoms with Crippen molar-refractivity contribution in [2.45, 2.75) is 20.1 Å². The monoisotopic (exact) mass is 196 g/mol. The van der Waals surface area contributed by atoms with E-state index in [9.17, 15) is 4.79 Å². The number of hydrogen-bond donors (Lipinski definition) is 0. The van der Waals surface area contributed by atoms with Gasteiger partial charge in [0.15, 0.2) is 0 Å². The van der Waals surface area contributed by atoms with Gasteiger partial charge in [0.2, 0.25) is 0 Å². The topological polar surface area (TPSA) is 53.3 Å². The quantitative estimate of drug-likeness (QED) is 0.649. The molecule has 0 fully saturated rings. The van der Waals surface area contributed by atoms with E-state index in [2.05, 4.69) is 5.10 Å². The molecule has 0 saturated heterocycles. The van der Waals surface area contributed by atoms with Gasteiger partial charge in [0.1, 0.15) is 5.56 Å². The zero-order chi connectivity index (χ0) is 9.97. The molecule has 5 nitrogen and oxygen atoms in total. The maximum atomic E-state index is 11.4. The molecule has 1 aliphatic rings. The third-order valence-corrected chi connectivity index (χ3v) is 2.13. The Morgan fingerprint density at radius 3 is 3.43 bits per heavy atom. The highest BCUT2D eigenvalue weighted by atomic mass is 16.5. The van der Waals surface area contributed by atoms with Crippen LogP contribution in [-0.4, -0.2) is 29.0 Å². The molecule has 14 heavy (non-hydrogen) atoms. The van der Waals surface area contributed by atoms with Crippen molar-refractivity contribution in [1.29, 1.82) is 0 Å². The van der Waals surface area contributed by atoms with E-state index < -0.39 is 0 Å². The summed E-state index contributed by atoms with van der Waals surface area (Å²) in [6.45, 7) is 3.95. The Labute approximate surface area is 81.6 Å². The third kappa shape index (κ3) is 1.50. The van der Waals surface area contributed by atoms with Crippen molar-refractivity contribution in [2.75, 3.05) is 13.2 Å². The summed E-state index contributed by atoms with van der Waals surface area (Å²) in [5.74, 6) is -0.320. The molecular weight excluding hydrogens is 184 g/mol. The van der Waals surface area contributed by atoms with Crippen molar-refractivity contribution in [1.82, 2.24) is 9.78 Å². The lowest BCUT2D eigenvalue weighted by Crippen LogP contribution is -2.19. The number of carbonyl (C=O) groups excluding carboxylic acids is 1. The average Bonchev–Trinajstić information content (AvgIpc) is 2.61. The largest absolute Gasteiger partial charge is 0.462 e. The Morgan fingerprint density at radius 2 is 2.64 bits per heavy atom. The Balaban J connectivity index is 2.25. The molecule has 0 aromatic carbocycles. The number of rotatable bonds is 2. The van der Waals surface area contributed by atoms with Crippen LogP contribution in [0.3, 0.4) is 0 Å². The van der Waals surface area contributed by atoms with E-state index in [4.69, 9.17) is 9.47 Å². The van der Waals surface area contributed by atoms with Crippen LogP contribution in [0.15, 0.2) is 6.20 Å². The van der Waals surface area contributed by atoms with Crippen LogP contribution >= 0.6 is 0 Å². The van der Waals surface area contributed by atoms with Gasteiger partial charge in [0.25, 0.3) is 0 Å². The van der Waals surface area contributed by atoms with Gasteiger partial charge in [-0.3, -0.25) is 4.68 Å². The van der Waals surface area contributed by atoms with Crippen molar-refractivity contribution in [2.24, 2.45) is 0 Å². The molecule has 0 unspecified atom stereocenters. The van der Waals surface area contributed by atoms with Gasteiger partial charge in [-0.2, -0.15) is 5.10 Å². The second-order valence-corrected chi connectivity index (χ2v) is 3.00. The number of aromatic nitrogens is 2. The van der Waals surface area contributed by atoms with E-state index in [1.807, 2.05) is 0 Å². The van der Waals surface area contributed by atoms with Crippen molar-refractivity contribution in [3.05, 3.63) is 17.5 Å². The van der Waals surface area contributed by atoms with E-state index in [1.54, 1.807) is 17.8 Å². The molecule has 0 atom stereocenters. The minimum absolute atomic E-state index is 0.320. The van der Waals surface area contributed by atoms with Gasteiger partial charge < -0.3 is 9.47 Å². The summed E-state index contributed by atoms with van der Waals surface area (Å²) in [6.07, 6.45) is 1.54. The van der Waals surface area contributed by atoms with E-state index in [1.165, 1.54) is 0 Å². The van der Waals surface area contributed by atoms with Crippen LogP contribution in [-0.2, 0) is 22.6 Å². The van der Waals surface area contributed by atoms with Crippen molar-refractivity contribution >= 4 is 5.97 Å². The predicted molar refractivity (Wildman–Crippen MR) is 47.8 cm³/mol. The lowest BCUT2D eigenvalue weighted by atomic mass is 10.2. The summed E-state index contributed by atoms with van der Waals surface area (Å²) in [6, 6.07) is 0. The number of ether oxygens (including phenoxy) is 2. The molecule has 2 rings (SSSR count). The summed E-state index contributed by atoms with van der Waals surface area (Å²) in [4.78, 5) is 11.4. The van der Waals surface area contributed by atoms with Gasteiger partial charge in [-0.05, 0) is 6.92 Å². The molecule has 1 aromatic heterocycles. The second-order valence-electron chi connectivity index (χ2n) is 3.00.